The van der Waals surface area contributed by atoms with Crippen molar-refractivity contribution in [2.75, 3.05) is 31.7 Å². The third-order valence-electron chi connectivity index (χ3n) is 6.98. The van der Waals surface area contributed by atoms with Gasteiger partial charge in [0.15, 0.2) is 0 Å². The third kappa shape index (κ3) is 4.30. The lowest BCUT2D eigenvalue weighted by atomic mass is 9.85. The van der Waals surface area contributed by atoms with Crippen molar-refractivity contribution in [1.29, 1.82) is 0 Å². The fraction of sp³-hybridized carbons (Fsp3) is 0.370. The highest BCUT2D eigenvalue weighted by Crippen LogP contribution is 2.39. The molecule has 2 aliphatic heterocycles. The summed E-state index contributed by atoms with van der Waals surface area (Å²) in [4.78, 5) is 45.0. The van der Waals surface area contributed by atoms with Gasteiger partial charge in [-0.05, 0) is 49.1 Å². The lowest BCUT2D eigenvalue weighted by molar-refractivity contribution is -0.139. The highest BCUT2D eigenvalue weighted by atomic mass is 16.2. The molecule has 1 spiro atoms. The van der Waals surface area contributed by atoms with Crippen LogP contribution in [0.15, 0.2) is 61.2 Å². The maximum Gasteiger partial charge on any atom is 0.251 e. The fourth-order valence-corrected chi connectivity index (χ4v) is 5.01. The SMILES string of the molecule is C=Cc1cccc(C(=O)N[C@H](CC)C(=O)N2CCC3(CC2)C(=O)N(C)CN3c2ccccc2)c1. The van der Waals surface area contributed by atoms with Crippen LogP contribution in [-0.2, 0) is 9.59 Å². The van der Waals surface area contributed by atoms with Crippen LogP contribution < -0.4 is 10.2 Å². The van der Waals surface area contributed by atoms with E-state index in [1.165, 1.54) is 0 Å². The van der Waals surface area contributed by atoms with Gasteiger partial charge in [0, 0.05) is 31.4 Å². The number of likely N-dealkylation sites (N-methyl/N-ethyl adjacent to an activating group) is 1. The minimum absolute atomic E-state index is 0.101. The Morgan fingerprint density at radius 3 is 2.47 bits per heavy atom. The van der Waals surface area contributed by atoms with Crippen LogP contribution in [0, 0.1) is 0 Å². The van der Waals surface area contributed by atoms with Gasteiger partial charge in [-0.2, -0.15) is 0 Å². The van der Waals surface area contributed by atoms with Gasteiger partial charge in [0.2, 0.25) is 11.8 Å². The predicted octanol–water partition coefficient (Wildman–Crippen LogP) is 3.14. The smallest absolute Gasteiger partial charge is 0.251 e. The largest absolute Gasteiger partial charge is 0.341 e. The molecular weight excluding hydrogens is 428 g/mol. The van der Waals surface area contributed by atoms with Crippen LogP contribution in [0.4, 0.5) is 5.69 Å². The van der Waals surface area contributed by atoms with Gasteiger partial charge in [0.05, 0.1) is 6.67 Å². The number of benzene rings is 2. The van der Waals surface area contributed by atoms with E-state index >= 15 is 0 Å². The Bertz CT molecular complexity index is 1080. The zero-order valence-electron chi connectivity index (χ0n) is 19.9. The van der Waals surface area contributed by atoms with Crippen LogP contribution >= 0.6 is 0 Å². The van der Waals surface area contributed by atoms with Gasteiger partial charge in [0.1, 0.15) is 11.6 Å². The van der Waals surface area contributed by atoms with Gasteiger partial charge in [-0.15, -0.1) is 0 Å². The first-order chi connectivity index (χ1) is 16.4. The second-order valence-corrected chi connectivity index (χ2v) is 9.03. The minimum atomic E-state index is -0.636. The summed E-state index contributed by atoms with van der Waals surface area (Å²) in [6.45, 7) is 7.11. The van der Waals surface area contributed by atoms with Crippen molar-refractivity contribution in [2.45, 2.75) is 37.8 Å². The molecule has 2 saturated heterocycles. The number of nitrogens with one attached hydrogen (secondary N) is 1. The topological polar surface area (TPSA) is 73.0 Å². The van der Waals surface area contributed by atoms with Gasteiger partial charge >= 0.3 is 0 Å². The number of para-hydroxylation sites is 1. The van der Waals surface area contributed by atoms with E-state index in [1.807, 2.05) is 50.4 Å². The van der Waals surface area contributed by atoms with Crippen LogP contribution in [0.5, 0.6) is 0 Å². The number of carbonyl (C=O) groups excluding carboxylic acids is 3. The first-order valence-corrected chi connectivity index (χ1v) is 11.8. The van der Waals surface area contributed by atoms with Crippen LogP contribution in [0.1, 0.15) is 42.1 Å². The molecule has 2 aromatic carbocycles. The van der Waals surface area contributed by atoms with Gasteiger partial charge in [-0.3, -0.25) is 14.4 Å². The molecule has 0 saturated carbocycles. The molecule has 0 aromatic heterocycles. The van der Waals surface area contributed by atoms with Crippen molar-refractivity contribution in [2.24, 2.45) is 0 Å². The number of nitrogens with zero attached hydrogens (tertiary/aromatic N) is 3. The Morgan fingerprint density at radius 2 is 1.82 bits per heavy atom. The lowest BCUT2D eigenvalue weighted by Gasteiger charge is -2.44. The molecule has 7 nitrogen and oxygen atoms in total. The number of rotatable bonds is 6. The van der Waals surface area contributed by atoms with Gasteiger partial charge < -0.3 is 20.0 Å². The molecule has 34 heavy (non-hydrogen) atoms. The van der Waals surface area contributed by atoms with Crippen molar-refractivity contribution in [3.8, 4) is 0 Å². The monoisotopic (exact) mass is 460 g/mol. The summed E-state index contributed by atoms with van der Waals surface area (Å²) in [6, 6.07) is 16.5. The van der Waals surface area contributed by atoms with Crippen molar-refractivity contribution in [3.63, 3.8) is 0 Å². The molecule has 3 amide bonds. The van der Waals surface area contributed by atoms with Gasteiger partial charge in [-0.25, -0.2) is 0 Å². The Morgan fingerprint density at radius 1 is 1.12 bits per heavy atom. The third-order valence-corrected chi connectivity index (χ3v) is 6.98. The number of hydrogen-bond acceptors (Lipinski definition) is 4. The Labute approximate surface area is 201 Å². The highest BCUT2D eigenvalue weighted by Gasteiger charge is 2.53. The van der Waals surface area contributed by atoms with Crippen LogP contribution in [0.25, 0.3) is 6.08 Å². The van der Waals surface area contributed by atoms with E-state index in [0.29, 0.717) is 44.6 Å². The summed E-state index contributed by atoms with van der Waals surface area (Å²) < 4.78 is 0. The molecule has 0 unspecified atom stereocenters. The molecular formula is C27H32N4O3. The molecule has 2 fully saturated rings. The van der Waals surface area contributed by atoms with Gasteiger partial charge in [0.25, 0.3) is 5.91 Å². The zero-order chi connectivity index (χ0) is 24.3. The van der Waals surface area contributed by atoms with E-state index in [1.54, 1.807) is 34.1 Å². The summed E-state index contributed by atoms with van der Waals surface area (Å²) in [5.41, 5.74) is 1.73. The number of likely N-dealkylation sites (tertiary alicyclic amines) is 1. The van der Waals surface area contributed by atoms with E-state index in [-0.39, 0.29) is 17.7 Å². The number of hydrogen-bond donors (Lipinski definition) is 1. The first-order valence-electron chi connectivity index (χ1n) is 11.8. The molecule has 178 valence electrons. The summed E-state index contributed by atoms with van der Waals surface area (Å²) in [7, 11) is 1.83. The molecule has 7 heteroatoms. The van der Waals surface area contributed by atoms with E-state index in [2.05, 4.69) is 16.8 Å². The standard InChI is InChI=1S/C27H32N4O3/c1-4-20-10-9-11-21(18-20)24(32)28-23(5-2)25(33)30-16-14-27(15-17-30)26(34)29(3)19-31(27)22-12-7-6-8-13-22/h4,6-13,18,23H,1,5,14-17,19H2,2-3H3,(H,28,32)/t23-/m1/s1. The molecule has 0 bridgehead atoms. The average Bonchev–Trinajstić information content (AvgIpc) is 3.12. The number of carbonyl (C=O) groups is 3. The summed E-state index contributed by atoms with van der Waals surface area (Å²) in [5, 5.41) is 2.89. The normalized spacial score (nSPS) is 18.2. The first kappa shape index (κ1) is 23.5. The van der Waals surface area contributed by atoms with Gasteiger partial charge in [-0.1, -0.05) is 49.9 Å². The van der Waals surface area contributed by atoms with Crippen LogP contribution in [0.2, 0.25) is 0 Å². The van der Waals surface area contributed by atoms with Crippen molar-refractivity contribution in [1.82, 2.24) is 15.1 Å². The van der Waals surface area contributed by atoms with E-state index in [4.69, 9.17) is 0 Å². The van der Waals surface area contributed by atoms with Crippen molar-refractivity contribution < 1.29 is 14.4 Å². The summed E-state index contributed by atoms with van der Waals surface area (Å²) in [6.07, 6.45) is 3.29. The van der Waals surface area contributed by atoms with E-state index in [9.17, 15) is 14.4 Å². The minimum Gasteiger partial charge on any atom is -0.341 e. The Balaban J connectivity index is 1.45. The highest BCUT2D eigenvalue weighted by molar-refractivity contribution is 5.98. The second-order valence-electron chi connectivity index (χ2n) is 9.03. The summed E-state index contributed by atoms with van der Waals surface area (Å²) >= 11 is 0. The quantitative estimate of drug-likeness (QED) is 0.719. The van der Waals surface area contributed by atoms with Crippen LogP contribution in [-0.4, -0.2) is 65.9 Å². The Hall–Kier alpha value is -3.61. The molecule has 0 aliphatic carbocycles. The van der Waals surface area contributed by atoms with Crippen LogP contribution in [0.3, 0.4) is 0 Å². The van der Waals surface area contributed by atoms with E-state index in [0.717, 1.165) is 11.3 Å². The maximum atomic E-state index is 13.3. The average molecular weight is 461 g/mol. The number of amides is 3. The predicted molar refractivity (Wildman–Crippen MR) is 133 cm³/mol. The zero-order valence-corrected chi connectivity index (χ0v) is 19.9. The Kier molecular flexibility index (Phi) is 6.72. The van der Waals surface area contributed by atoms with E-state index < -0.39 is 11.6 Å². The molecule has 0 radical (unpaired) electrons. The lowest BCUT2D eigenvalue weighted by Crippen LogP contribution is -2.59. The molecule has 1 atom stereocenters. The molecule has 2 aromatic rings. The molecule has 1 N–H and O–H groups in total. The fourth-order valence-electron chi connectivity index (χ4n) is 5.01. The molecule has 4 rings (SSSR count). The van der Waals surface area contributed by atoms with Crippen molar-refractivity contribution >= 4 is 29.5 Å². The second kappa shape index (κ2) is 9.71. The summed E-state index contributed by atoms with van der Waals surface area (Å²) in [5.74, 6) is -0.276. The molecule has 2 aliphatic rings. The number of piperidine rings is 1. The van der Waals surface area contributed by atoms with Crippen molar-refractivity contribution in [3.05, 3.63) is 72.3 Å². The number of anilines is 1. The molecule has 2 heterocycles. The maximum absolute atomic E-state index is 13.3.